The van der Waals surface area contributed by atoms with Crippen LogP contribution in [0.4, 0.5) is 0 Å². The molecule has 17 heteroatoms. The molecule has 0 saturated carbocycles. The maximum Gasteiger partial charge on any atom is 0.335 e. The van der Waals surface area contributed by atoms with Crippen molar-refractivity contribution in [2.45, 2.75) is 26.4 Å². The first-order valence-corrected chi connectivity index (χ1v) is 14.8. The van der Waals surface area contributed by atoms with Crippen LogP contribution in [0, 0.1) is 0 Å². The Morgan fingerprint density at radius 3 is 0.923 bits per heavy atom. The predicted octanol–water partition coefficient (Wildman–Crippen LogP) is 4.46. The molecule has 0 saturated heterocycles. The summed E-state index contributed by atoms with van der Waals surface area (Å²) in [6, 6.07) is 11.3. The molecule has 0 radical (unpaired) electrons. The van der Waals surface area contributed by atoms with Gasteiger partial charge in [-0.1, -0.05) is 0 Å². The Bertz CT molecular complexity index is 2140. The van der Waals surface area contributed by atoms with Crippen LogP contribution in [-0.2, 0) is 26.4 Å². The van der Waals surface area contributed by atoms with E-state index in [1.165, 1.54) is 18.2 Å². The monoisotopic (exact) mass is 722 g/mol. The highest BCUT2D eigenvalue weighted by atomic mass is 16.5. The zero-order valence-electron chi connectivity index (χ0n) is 26.5. The highest BCUT2D eigenvalue weighted by Gasteiger charge is 2.19. The van der Waals surface area contributed by atoms with E-state index in [4.69, 9.17) is 18.9 Å². The van der Waals surface area contributed by atoms with Crippen LogP contribution in [0.25, 0.3) is 0 Å². The molecular weight excluding hydrogens is 692 g/mol. The molecule has 52 heavy (non-hydrogen) atoms. The average Bonchev–Trinajstić information content (AvgIpc) is 3.09. The van der Waals surface area contributed by atoms with E-state index in [1.807, 2.05) is 0 Å². The number of hydrogen-bond donors (Lipinski definition) is 12. The molecule has 0 bridgehead atoms. The summed E-state index contributed by atoms with van der Waals surface area (Å²) in [5, 5.41) is 120. The van der Waals surface area contributed by atoms with Crippen molar-refractivity contribution in [1.29, 1.82) is 0 Å². The lowest BCUT2D eigenvalue weighted by atomic mass is 10.1. The van der Waals surface area contributed by atoms with E-state index in [-0.39, 0.29) is 77.2 Å². The number of ether oxygens (including phenoxy) is 4. The summed E-state index contributed by atoms with van der Waals surface area (Å²) in [7, 11) is 0. The van der Waals surface area contributed by atoms with E-state index < -0.39 is 69.2 Å². The molecule has 0 aliphatic heterocycles. The molecule has 5 rings (SSSR count). The maximum atomic E-state index is 11.3. The van der Waals surface area contributed by atoms with Crippen LogP contribution in [0.1, 0.15) is 32.6 Å². The minimum Gasteiger partial charge on any atom is -0.504 e. The summed E-state index contributed by atoms with van der Waals surface area (Å²) >= 11 is 0. The molecule has 0 aromatic heterocycles. The second-order valence-corrected chi connectivity index (χ2v) is 11.2. The van der Waals surface area contributed by atoms with Crippen molar-refractivity contribution in [3.05, 3.63) is 88.5 Å². The number of aromatic carboxylic acids is 1. The minimum atomic E-state index is -1.39. The fraction of sp³-hybridized carbons (Fsp3) is 0.114. The van der Waals surface area contributed by atoms with E-state index in [0.717, 1.165) is 42.5 Å². The van der Waals surface area contributed by atoms with Crippen molar-refractivity contribution in [1.82, 2.24) is 0 Å². The quantitative estimate of drug-likeness (QED) is 0.0746. The number of rotatable bonds is 13. The second-order valence-electron chi connectivity index (χ2n) is 11.2. The molecule has 0 amide bonds. The SMILES string of the molecule is O=C(O)c1cc(O)c(O)c(OCc2cc(O)c(O)c(OCc3cc(O)c(O)c(OCc4cc(O)c(O)c(OCc5cc(O)c(O)c(O)c5)c4)c3)c2)c1. The first-order chi connectivity index (χ1) is 24.6. The Labute approximate surface area is 292 Å². The van der Waals surface area contributed by atoms with Gasteiger partial charge in [0.1, 0.15) is 26.4 Å². The molecule has 0 spiro atoms. The zero-order chi connectivity index (χ0) is 37.9. The summed E-state index contributed by atoms with van der Waals surface area (Å²) < 4.78 is 22.2. The van der Waals surface area contributed by atoms with E-state index in [0.29, 0.717) is 0 Å². The lowest BCUT2D eigenvalue weighted by Gasteiger charge is -2.15. The number of carboxylic acid groups (broad SMARTS) is 1. The number of phenols is 11. The Kier molecular flexibility index (Phi) is 10.1. The van der Waals surface area contributed by atoms with Crippen molar-refractivity contribution >= 4 is 5.97 Å². The van der Waals surface area contributed by atoms with Gasteiger partial charge in [-0.25, -0.2) is 4.79 Å². The zero-order valence-corrected chi connectivity index (χ0v) is 26.5. The predicted molar refractivity (Wildman–Crippen MR) is 175 cm³/mol. The topological polar surface area (TPSA) is 297 Å². The standard InChI is InChI=1S/C35H30O17/c36-20-1-15(2-21(37)30(20)42)11-49-26-6-16(3-22(38)31(26)43)12-50-27-7-17(4-23(39)32(27)44)13-51-28-8-18(5-24(40)33(28)45)14-52-29-10-19(35(47)48)9-25(41)34(29)46/h1-10,36-46H,11-14H2,(H,47,48). The number of carboxylic acids is 1. The molecule has 17 nitrogen and oxygen atoms in total. The molecule has 12 N–H and O–H groups in total. The van der Waals surface area contributed by atoms with Crippen molar-refractivity contribution in [2.75, 3.05) is 0 Å². The van der Waals surface area contributed by atoms with Gasteiger partial charge < -0.3 is 80.2 Å². The minimum absolute atomic E-state index is 0.183. The highest BCUT2D eigenvalue weighted by Crippen LogP contribution is 2.43. The lowest BCUT2D eigenvalue weighted by molar-refractivity contribution is 0.0695. The van der Waals surface area contributed by atoms with Crippen LogP contribution in [-0.4, -0.2) is 67.2 Å². The van der Waals surface area contributed by atoms with Crippen LogP contribution < -0.4 is 18.9 Å². The van der Waals surface area contributed by atoms with Crippen LogP contribution in [0.3, 0.4) is 0 Å². The van der Waals surface area contributed by atoms with Gasteiger partial charge in [0.25, 0.3) is 0 Å². The van der Waals surface area contributed by atoms with Crippen LogP contribution in [0.15, 0.2) is 60.7 Å². The van der Waals surface area contributed by atoms with Gasteiger partial charge in [0, 0.05) is 0 Å². The maximum absolute atomic E-state index is 11.3. The fourth-order valence-corrected chi connectivity index (χ4v) is 4.74. The van der Waals surface area contributed by atoms with E-state index in [9.17, 15) is 66.1 Å². The molecule has 272 valence electrons. The second kappa shape index (κ2) is 14.6. The fourth-order valence-electron chi connectivity index (χ4n) is 4.74. The van der Waals surface area contributed by atoms with E-state index >= 15 is 0 Å². The first-order valence-electron chi connectivity index (χ1n) is 14.8. The van der Waals surface area contributed by atoms with Gasteiger partial charge in [-0.15, -0.1) is 0 Å². The Morgan fingerprint density at radius 2 is 0.615 bits per heavy atom. The van der Waals surface area contributed by atoms with Crippen molar-refractivity contribution < 1.29 is 85.0 Å². The summed E-state index contributed by atoms with van der Waals surface area (Å²) in [6.07, 6.45) is 0. The Balaban J connectivity index is 1.27. The molecule has 0 aliphatic rings. The summed E-state index contributed by atoms with van der Waals surface area (Å²) in [6.45, 7) is -1.41. The van der Waals surface area contributed by atoms with Gasteiger partial charge in [-0.3, -0.25) is 0 Å². The van der Waals surface area contributed by atoms with E-state index in [1.54, 1.807) is 0 Å². The van der Waals surface area contributed by atoms with Gasteiger partial charge in [0.15, 0.2) is 63.2 Å². The number of carbonyl (C=O) groups is 1. The first kappa shape index (κ1) is 35.9. The summed E-state index contributed by atoms with van der Waals surface area (Å²) in [5.74, 6) is -9.68. The number of phenolic OH excluding ortho intramolecular Hbond substituents is 11. The third-order valence-corrected chi connectivity index (χ3v) is 7.35. The summed E-state index contributed by atoms with van der Waals surface area (Å²) in [4.78, 5) is 11.3. The van der Waals surface area contributed by atoms with Gasteiger partial charge >= 0.3 is 5.97 Å². The molecule has 5 aromatic carbocycles. The molecule has 0 unspecified atom stereocenters. The lowest BCUT2D eigenvalue weighted by Crippen LogP contribution is -2.02. The number of aromatic hydroxyl groups is 11. The Hall–Kier alpha value is -7.43. The molecule has 0 fully saturated rings. The van der Waals surface area contributed by atoms with E-state index in [2.05, 4.69) is 0 Å². The van der Waals surface area contributed by atoms with Crippen LogP contribution in [0.5, 0.6) is 86.2 Å². The number of hydrogen-bond acceptors (Lipinski definition) is 16. The molecule has 0 atom stereocenters. The highest BCUT2D eigenvalue weighted by molar-refractivity contribution is 5.89. The van der Waals surface area contributed by atoms with Gasteiger partial charge in [-0.05, 0) is 82.9 Å². The van der Waals surface area contributed by atoms with Crippen LogP contribution in [0.2, 0.25) is 0 Å². The van der Waals surface area contributed by atoms with Crippen LogP contribution >= 0.6 is 0 Å². The van der Waals surface area contributed by atoms with Gasteiger partial charge in [0.2, 0.25) is 23.0 Å². The van der Waals surface area contributed by atoms with Crippen molar-refractivity contribution in [3.63, 3.8) is 0 Å². The third kappa shape index (κ3) is 7.89. The smallest absolute Gasteiger partial charge is 0.335 e. The van der Waals surface area contributed by atoms with Crippen molar-refractivity contribution in [3.8, 4) is 86.2 Å². The van der Waals surface area contributed by atoms with Gasteiger partial charge in [-0.2, -0.15) is 0 Å². The molecular formula is C35H30O17. The normalized spacial score (nSPS) is 10.8. The van der Waals surface area contributed by atoms with Crippen molar-refractivity contribution in [2.24, 2.45) is 0 Å². The molecule has 5 aromatic rings. The third-order valence-electron chi connectivity index (χ3n) is 7.35. The van der Waals surface area contributed by atoms with Gasteiger partial charge in [0.05, 0.1) is 5.56 Å². The molecule has 0 heterocycles. The Morgan fingerprint density at radius 1 is 0.365 bits per heavy atom. The summed E-state index contributed by atoms with van der Waals surface area (Å²) in [5.41, 5.74) is 0.452. The molecule has 0 aliphatic carbocycles. The number of benzene rings is 5. The largest absolute Gasteiger partial charge is 0.504 e. The average molecular weight is 723 g/mol.